The molecule has 0 aromatic rings. The molecule has 0 saturated carbocycles. The monoisotopic (exact) mass is 745 g/mol. The number of carboxylic acids is 2. The van der Waals surface area contributed by atoms with E-state index in [2.05, 4.69) is 16.0 Å². The number of hydrogen-bond acceptors (Lipinski definition) is 10. The quantitative estimate of drug-likeness (QED) is 0.0566. The lowest BCUT2D eigenvalue weighted by molar-refractivity contribution is -0.142. The number of hydrogen-bond donors (Lipinski definition) is 5. The van der Waals surface area contributed by atoms with Gasteiger partial charge in [-0.05, 0) is 32.6 Å². The van der Waals surface area contributed by atoms with Crippen LogP contribution in [0.4, 0.5) is 0 Å². The van der Waals surface area contributed by atoms with E-state index >= 15 is 0 Å². The number of aliphatic carboxylic acids is 2. The number of carbonyl (C=O) groups is 6. The van der Waals surface area contributed by atoms with Crippen LogP contribution in [0.5, 0.6) is 0 Å². The third kappa shape index (κ3) is 36.6. The van der Waals surface area contributed by atoms with E-state index in [4.69, 9.17) is 24.1 Å². The summed E-state index contributed by atoms with van der Waals surface area (Å²) in [5.41, 5.74) is 0. The second-order valence-electron chi connectivity index (χ2n) is 12.9. The molecule has 0 spiro atoms. The van der Waals surface area contributed by atoms with Gasteiger partial charge in [-0.15, -0.1) is 0 Å². The van der Waals surface area contributed by atoms with Gasteiger partial charge in [0.25, 0.3) is 0 Å². The first-order valence-electron chi connectivity index (χ1n) is 19.2. The van der Waals surface area contributed by atoms with Crippen LogP contribution in [0.15, 0.2) is 0 Å². The Balaban J connectivity index is 3.64. The van der Waals surface area contributed by atoms with E-state index in [9.17, 15) is 33.9 Å². The van der Waals surface area contributed by atoms with Crippen LogP contribution in [0.25, 0.3) is 0 Å². The molecule has 52 heavy (non-hydrogen) atoms. The highest BCUT2D eigenvalue weighted by Crippen LogP contribution is 2.14. The Labute approximate surface area is 310 Å². The summed E-state index contributed by atoms with van der Waals surface area (Å²) in [5, 5.41) is 26.1. The van der Waals surface area contributed by atoms with E-state index in [1.807, 2.05) is 0 Å². The fraction of sp³-hybridized carbons (Fsp3) is 0.838. The Bertz CT molecular complexity index is 966. The van der Waals surface area contributed by atoms with E-state index in [0.717, 1.165) is 44.9 Å². The number of rotatable bonds is 39. The Morgan fingerprint density at radius 3 is 1.38 bits per heavy atom. The van der Waals surface area contributed by atoms with Crippen LogP contribution in [-0.4, -0.2) is 118 Å². The van der Waals surface area contributed by atoms with Gasteiger partial charge in [-0.2, -0.15) is 0 Å². The largest absolute Gasteiger partial charge is 0.481 e. The van der Waals surface area contributed by atoms with Gasteiger partial charge in [0.1, 0.15) is 19.3 Å². The maximum Gasteiger partial charge on any atom is 0.326 e. The summed E-state index contributed by atoms with van der Waals surface area (Å²) in [6.45, 7) is 3.63. The second kappa shape index (κ2) is 36.2. The fourth-order valence-corrected chi connectivity index (χ4v) is 5.16. The Morgan fingerprint density at radius 1 is 0.481 bits per heavy atom. The summed E-state index contributed by atoms with van der Waals surface area (Å²) in [5.74, 6) is -2.68. The summed E-state index contributed by atoms with van der Waals surface area (Å²) in [6.07, 6.45) is 16.4. The van der Waals surface area contributed by atoms with Gasteiger partial charge in [-0.3, -0.25) is 24.0 Å². The molecule has 0 rings (SSSR count). The lowest BCUT2D eigenvalue weighted by Gasteiger charge is -2.14. The van der Waals surface area contributed by atoms with Crippen LogP contribution in [0.1, 0.15) is 129 Å². The number of nitrogens with one attached hydrogen (secondary N) is 3. The van der Waals surface area contributed by atoms with Crippen molar-refractivity contribution < 1.29 is 57.9 Å². The number of carbonyl (C=O) groups excluding carboxylic acids is 4. The van der Waals surface area contributed by atoms with Gasteiger partial charge in [-0.1, -0.05) is 77.0 Å². The minimum Gasteiger partial charge on any atom is -0.481 e. The molecule has 0 aromatic heterocycles. The minimum atomic E-state index is -1.12. The SMILES string of the molecule is CC(=O)COCCOCCNC(=O)COCCOCCNC(=O)CCC[C@H](NC(=O)CCCCCCCCCCCCCCCCC(=O)O)C(=O)O. The molecule has 3 amide bonds. The van der Waals surface area contributed by atoms with Crippen LogP contribution >= 0.6 is 0 Å². The molecule has 0 radical (unpaired) electrons. The van der Waals surface area contributed by atoms with Crippen molar-refractivity contribution in [3.8, 4) is 0 Å². The highest BCUT2D eigenvalue weighted by molar-refractivity contribution is 5.83. The molecule has 0 bridgehead atoms. The minimum absolute atomic E-state index is 0.0523. The van der Waals surface area contributed by atoms with Gasteiger partial charge in [-0.25, -0.2) is 4.79 Å². The third-order valence-corrected chi connectivity index (χ3v) is 7.99. The van der Waals surface area contributed by atoms with E-state index in [1.54, 1.807) is 0 Å². The summed E-state index contributed by atoms with van der Waals surface area (Å²) in [7, 11) is 0. The first-order valence-corrected chi connectivity index (χ1v) is 19.2. The lowest BCUT2D eigenvalue weighted by Crippen LogP contribution is -2.40. The molecular weight excluding hydrogens is 678 g/mol. The van der Waals surface area contributed by atoms with Crippen molar-refractivity contribution in [1.82, 2.24) is 16.0 Å². The zero-order valence-electron chi connectivity index (χ0n) is 31.6. The van der Waals surface area contributed by atoms with Crippen molar-refractivity contribution in [2.24, 2.45) is 0 Å². The van der Waals surface area contributed by atoms with Crippen molar-refractivity contribution in [3.63, 3.8) is 0 Å². The molecular formula is C37H67N3O12. The number of Topliss-reactive ketones (excluding diaryl/α,β-unsaturated/α-hetero) is 1. The molecule has 0 aromatic carbocycles. The molecule has 1 atom stereocenters. The third-order valence-electron chi connectivity index (χ3n) is 7.99. The van der Waals surface area contributed by atoms with Crippen molar-refractivity contribution in [2.75, 3.05) is 65.9 Å². The molecule has 15 heteroatoms. The molecule has 0 aliphatic carbocycles. The van der Waals surface area contributed by atoms with E-state index in [0.29, 0.717) is 32.8 Å². The van der Waals surface area contributed by atoms with Crippen LogP contribution in [0.3, 0.4) is 0 Å². The number of ketones is 1. The topological polar surface area (TPSA) is 216 Å². The van der Waals surface area contributed by atoms with Crippen LogP contribution in [0.2, 0.25) is 0 Å². The predicted octanol–water partition coefficient (Wildman–Crippen LogP) is 3.94. The smallest absolute Gasteiger partial charge is 0.326 e. The van der Waals surface area contributed by atoms with E-state index in [-0.39, 0.29) is 88.8 Å². The standard InChI is InChI=1S/C37H67N3O12/c1-31(41)29-51-27-25-50-24-22-39-35(44)30-52-28-26-49-23-21-38-33(42)19-16-17-32(37(47)48)40-34(43)18-14-12-10-8-6-4-2-3-5-7-9-11-13-15-20-36(45)46/h32H,2-30H2,1H3,(H,38,42)(H,39,44)(H,40,43)(H,45,46)(H,47,48)/t32-/m0/s1. The first-order chi connectivity index (χ1) is 25.1. The van der Waals surface area contributed by atoms with Crippen molar-refractivity contribution in [2.45, 2.75) is 135 Å². The summed E-state index contributed by atoms with van der Waals surface area (Å²) in [4.78, 5) is 69.0. The molecule has 302 valence electrons. The van der Waals surface area contributed by atoms with Crippen molar-refractivity contribution in [3.05, 3.63) is 0 Å². The van der Waals surface area contributed by atoms with Crippen LogP contribution in [-0.2, 0) is 47.7 Å². The molecule has 0 unspecified atom stereocenters. The Hall–Kier alpha value is -3.14. The van der Waals surface area contributed by atoms with Crippen LogP contribution in [0, 0.1) is 0 Å². The molecule has 0 aliphatic rings. The number of carboxylic acid groups (broad SMARTS) is 2. The summed E-state index contributed by atoms with van der Waals surface area (Å²) < 4.78 is 21.0. The second-order valence-corrected chi connectivity index (χ2v) is 12.9. The Kier molecular flexibility index (Phi) is 34.0. The molecule has 5 N–H and O–H groups in total. The lowest BCUT2D eigenvalue weighted by atomic mass is 10.0. The molecule has 0 saturated heterocycles. The van der Waals surface area contributed by atoms with Gasteiger partial charge in [0.15, 0.2) is 5.78 Å². The van der Waals surface area contributed by atoms with Crippen molar-refractivity contribution in [1.29, 1.82) is 0 Å². The van der Waals surface area contributed by atoms with E-state index in [1.165, 1.54) is 51.9 Å². The maximum atomic E-state index is 12.3. The zero-order valence-corrected chi connectivity index (χ0v) is 31.6. The van der Waals surface area contributed by atoms with Gasteiger partial charge < -0.3 is 45.1 Å². The van der Waals surface area contributed by atoms with Gasteiger partial charge in [0.2, 0.25) is 17.7 Å². The normalized spacial score (nSPS) is 11.6. The van der Waals surface area contributed by atoms with Gasteiger partial charge >= 0.3 is 11.9 Å². The van der Waals surface area contributed by atoms with Gasteiger partial charge in [0, 0.05) is 32.4 Å². The predicted molar refractivity (Wildman–Crippen MR) is 195 cm³/mol. The Morgan fingerprint density at radius 2 is 0.904 bits per heavy atom. The maximum absolute atomic E-state index is 12.3. The average Bonchev–Trinajstić information content (AvgIpc) is 3.09. The summed E-state index contributed by atoms with van der Waals surface area (Å²) >= 11 is 0. The number of ether oxygens (including phenoxy) is 4. The number of amides is 3. The first kappa shape index (κ1) is 48.9. The number of unbranched alkanes of at least 4 members (excludes halogenated alkanes) is 13. The highest BCUT2D eigenvalue weighted by atomic mass is 16.5. The fourth-order valence-electron chi connectivity index (χ4n) is 5.16. The average molecular weight is 746 g/mol. The van der Waals surface area contributed by atoms with Crippen LogP contribution < -0.4 is 16.0 Å². The molecule has 0 fully saturated rings. The highest BCUT2D eigenvalue weighted by Gasteiger charge is 2.19. The zero-order chi connectivity index (χ0) is 38.5. The van der Waals surface area contributed by atoms with E-state index < -0.39 is 18.0 Å². The van der Waals surface area contributed by atoms with Gasteiger partial charge in [0.05, 0.1) is 39.6 Å². The van der Waals surface area contributed by atoms with Crippen molar-refractivity contribution >= 4 is 35.4 Å². The molecule has 15 nitrogen and oxygen atoms in total. The molecule has 0 heterocycles. The summed E-state index contributed by atoms with van der Waals surface area (Å²) in [6, 6.07) is -1.03. The molecule has 0 aliphatic heterocycles.